The number of esters is 1. The van der Waals surface area contributed by atoms with Crippen LogP contribution in [0.1, 0.15) is 17.3 Å². The summed E-state index contributed by atoms with van der Waals surface area (Å²) in [6.45, 7) is -0.895. The number of rotatable bonds is 7. The second-order valence-electron chi connectivity index (χ2n) is 7.09. The maximum Gasteiger partial charge on any atom is 0.343 e. The summed E-state index contributed by atoms with van der Waals surface area (Å²) in [6.07, 6.45) is 0. The highest BCUT2D eigenvalue weighted by molar-refractivity contribution is 7.97. The number of thiophene rings is 1. The van der Waals surface area contributed by atoms with Crippen LogP contribution in [0.3, 0.4) is 0 Å². The van der Waals surface area contributed by atoms with Gasteiger partial charge in [0.05, 0.1) is 6.61 Å². The maximum absolute atomic E-state index is 14.0. The highest BCUT2D eigenvalue weighted by Crippen LogP contribution is 2.47. The van der Waals surface area contributed by atoms with Gasteiger partial charge < -0.3 is 4.74 Å². The Morgan fingerprint density at radius 3 is 1.59 bits per heavy atom. The second-order valence-corrected chi connectivity index (χ2v) is 11.2. The number of carbonyl (C=O) groups is 2. The van der Waals surface area contributed by atoms with Gasteiger partial charge in [-0.15, -0.1) is 0 Å². The number of hydrogen-bond donors (Lipinski definition) is 0. The minimum absolute atomic E-state index is 0.192. The molecule has 1 heterocycles. The Bertz CT molecular complexity index is 1140. The van der Waals surface area contributed by atoms with Crippen molar-refractivity contribution in [3.63, 3.8) is 0 Å². The third kappa shape index (κ3) is 4.00. The van der Waals surface area contributed by atoms with Gasteiger partial charge in [-0.05, 0) is 41.2 Å². The molecule has 3 nitrogen and oxygen atoms in total. The Kier molecular flexibility index (Phi) is 6.84. The second kappa shape index (κ2) is 9.95. The number of hydrogen-bond acceptors (Lipinski definition) is 4. The summed E-state index contributed by atoms with van der Waals surface area (Å²) >= 11 is 1.43. The lowest BCUT2D eigenvalue weighted by atomic mass is 10.1. The van der Waals surface area contributed by atoms with Gasteiger partial charge in [0.2, 0.25) is 5.78 Å². The fourth-order valence-electron chi connectivity index (χ4n) is 3.90. The number of Topliss-reactive ketones (excluding diaryl/α,β-unsaturated/α-hetero) is 1. The molecule has 0 amide bonds. The van der Waals surface area contributed by atoms with Crippen LogP contribution >= 0.6 is 18.2 Å². The van der Waals surface area contributed by atoms with Crippen LogP contribution in [0.5, 0.6) is 0 Å². The molecule has 3 aromatic carbocycles. The molecular formula is C27H23O3PS. The molecule has 1 aromatic heterocycles. The van der Waals surface area contributed by atoms with Gasteiger partial charge in [-0.1, -0.05) is 91.0 Å². The molecule has 160 valence electrons. The summed E-state index contributed by atoms with van der Waals surface area (Å²) in [5.74, 6) is -0.844. The van der Waals surface area contributed by atoms with Crippen LogP contribution < -0.4 is 15.9 Å². The zero-order valence-corrected chi connectivity index (χ0v) is 19.4. The Balaban J connectivity index is 2.26. The predicted molar refractivity (Wildman–Crippen MR) is 135 cm³/mol. The van der Waals surface area contributed by atoms with Gasteiger partial charge in [0.1, 0.15) is 5.29 Å². The van der Waals surface area contributed by atoms with E-state index in [2.05, 4.69) is 0 Å². The lowest BCUT2D eigenvalue weighted by Crippen LogP contribution is -2.38. The Labute approximate surface area is 192 Å². The van der Waals surface area contributed by atoms with Gasteiger partial charge in [0, 0.05) is 10.9 Å². The first-order valence-corrected chi connectivity index (χ1v) is 13.1. The zero-order chi connectivity index (χ0) is 22.4. The van der Waals surface area contributed by atoms with Gasteiger partial charge in [-0.25, -0.2) is 4.79 Å². The molecule has 32 heavy (non-hydrogen) atoms. The third-order valence-electron chi connectivity index (χ3n) is 5.23. The number of ketones is 1. The smallest absolute Gasteiger partial charge is 0.343 e. The first kappa shape index (κ1) is 22.0. The number of benzene rings is 3. The fourth-order valence-corrected chi connectivity index (χ4v) is 8.84. The molecular weight excluding hydrogens is 435 g/mol. The van der Waals surface area contributed by atoms with Crippen LogP contribution in [-0.4, -0.2) is 23.7 Å². The highest BCUT2D eigenvalue weighted by atomic mass is 32.1. The molecule has 0 atom stereocenters. The van der Waals surface area contributed by atoms with E-state index in [0.29, 0.717) is 5.56 Å². The molecule has 0 unspecified atom stereocenters. The first-order valence-electron chi connectivity index (χ1n) is 10.4. The van der Waals surface area contributed by atoms with Crippen molar-refractivity contribution in [1.82, 2.24) is 0 Å². The van der Waals surface area contributed by atoms with Gasteiger partial charge in [0.15, 0.2) is 0 Å². The van der Waals surface area contributed by atoms with Crippen molar-refractivity contribution >= 4 is 51.2 Å². The molecule has 0 saturated carbocycles. The lowest BCUT2D eigenvalue weighted by Gasteiger charge is -2.31. The van der Waals surface area contributed by atoms with Crippen LogP contribution in [-0.2, 0) is 9.53 Å². The number of ether oxygens (including phenoxy) is 1. The summed E-state index contributed by atoms with van der Waals surface area (Å²) in [6, 6.07) is 31.4. The molecule has 0 spiro atoms. The van der Waals surface area contributed by atoms with E-state index >= 15 is 0 Å². The van der Waals surface area contributed by atoms with Crippen LogP contribution in [0, 0.1) is 0 Å². The third-order valence-corrected chi connectivity index (χ3v) is 10.2. The summed E-state index contributed by atoms with van der Waals surface area (Å²) in [4.78, 5) is 27.6. The van der Waals surface area contributed by atoms with Gasteiger partial charge >= 0.3 is 5.97 Å². The normalized spacial score (nSPS) is 11.0. The molecule has 0 aliphatic heterocycles. The van der Waals surface area contributed by atoms with E-state index in [1.54, 1.807) is 18.4 Å². The molecule has 4 aromatic rings. The predicted octanol–water partition coefficient (Wildman–Crippen LogP) is 4.66. The van der Waals surface area contributed by atoms with Crippen molar-refractivity contribution in [2.24, 2.45) is 0 Å². The van der Waals surface area contributed by atoms with Crippen LogP contribution in [0.2, 0.25) is 0 Å². The molecule has 0 radical (unpaired) electrons. The monoisotopic (exact) mass is 458 g/mol. The molecule has 0 N–H and O–H groups in total. The minimum atomic E-state index is -2.85. The summed E-state index contributed by atoms with van der Waals surface area (Å²) in [5, 5.41) is 6.64. The van der Waals surface area contributed by atoms with E-state index in [0.717, 1.165) is 15.9 Å². The quantitative estimate of drug-likeness (QED) is 0.175. The SMILES string of the molecule is CCOC(=O)C(C(=O)c1ccsc1)=P(c1ccccc1)(c1ccccc1)c1ccccc1. The van der Waals surface area contributed by atoms with E-state index < -0.39 is 12.9 Å². The molecule has 0 saturated heterocycles. The maximum atomic E-state index is 14.0. The summed E-state index contributed by atoms with van der Waals surface area (Å²) in [5.41, 5.74) is 0.505. The molecule has 5 heteroatoms. The Morgan fingerprint density at radius 2 is 1.22 bits per heavy atom. The van der Waals surface area contributed by atoms with Crippen molar-refractivity contribution < 1.29 is 14.3 Å². The van der Waals surface area contributed by atoms with Gasteiger partial charge in [-0.2, -0.15) is 11.3 Å². The van der Waals surface area contributed by atoms with Gasteiger partial charge in [-0.3, -0.25) is 4.79 Å². The molecule has 0 bridgehead atoms. The highest BCUT2D eigenvalue weighted by Gasteiger charge is 2.38. The molecule has 0 aliphatic rings. The van der Waals surface area contributed by atoms with Crippen LogP contribution in [0.15, 0.2) is 108 Å². The van der Waals surface area contributed by atoms with Crippen LogP contribution in [0.25, 0.3) is 0 Å². The molecule has 0 aliphatic carbocycles. The standard InChI is InChI=1S/C27H23O3PS/c1-2-30-27(29)26(25(28)21-18-19-32-20-21)31(22-12-6-3-7-13-22,23-14-8-4-9-15-23)24-16-10-5-11-17-24/h3-20H,2H2,1H3. The Hall–Kier alpha value is -3.20. The van der Waals surface area contributed by atoms with Crippen molar-refractivity contribution in [1.29, 1.82) is 0 Å². The lowest BCUT2D eigenvalue weighted by molar-refractivity contribution is -0.134. The first-order chi connectivity index (χ1) is 15.7. The summed E-state index contributed by atoms with van der Waals surface area (Å²) < 4.78 is 5.53. The minimum Gasteiger partial charge on any atom is -0.462 e. The van der Waals surface area contributed by atoms with Gasteiger partial charge in [0.25, 0.3) is 0 Å². The molecule has 0 fully saturated rings. The van der Waals surface area contributed by atoms with Crippen molar-refractivity contribution in [2.75, 3.05) is 6.61 Å². The van der Waals surface area contributed by atoms with E-state index in [1.807, 2.05) is 96.4 Å². The fraction of sp³-hybridized carbons (Fsp3) is 0.0741. The van der Waals surface area contributed by atoms with Crippen molar-refractivity contribution in [3.8, 4) is 0 Å². The van der Waals surface area contributed by atoms with Crippen molar-refractivity contribution in [3.05, 3.63) is 113 Å². The average Bonchev–Trinajstić information content (AvgIpc) is 3.39. The van der Waals surface area contributed by atoms with E-state index in [9.17, 15) is 9.59 Å². The van der Waals surface area contributed by atoms with E-state index in [4.69, 9.17) is 4.74 Å². The average molecular weight is 459 g/mol. The van der Waals surface area contributed by atoms with E-state index in [1.165, 1.54) is 11.3 Å². The van der Waals surface area contributed by atoms with E-state index in [-0.39, 0.29) is 17.7 Å². The number of carbonyl (C=O) groups excluding carboxylic acids is 2. The van der Waals surface area contributed by atoms with Crippen molar-refractivity contribution in [2.45, 2.75) is 6.92 Å². The Morgan fingerprint density at radius 1 is 0.750 bits per heavy atom. The zero-order valence-electron chi connectivity index (χ0n) is 17.7. The topological polar surface area (TPSA) is 43.4 Å². The molecule has 4 rings (SSSR count). The van der Waals surface area contributed by atoms with Crippen LogP contribution in [0.4, 0.5) is 0 Å². The largest absolute Gasteiger partial charge is 0.462 e. The summed E-state index contributed by atoms with van der Waals surface area (Å²) in [7, 11) is 0.